The van der Waals surface area contributed by atoms with E-state index in [2.05, 4.69) is 26.0 Å². The average molecular weight is 484 g/mol. The largest absolute Gasteiger partial charge is 0.367 e. The molecule has 2 unspecified atom stereocenters. The molecule has 5 N–H and O–H groups in total. The Hall–Kier alpha value is -3.47. The molecule has 11 heteroatoms. The molecule has 0 bridgehead atoms. The number of primary amides is 1. The smallest absolute Gasteiger partial charge is 0.262 e. The van der Waals surface area contributed by atoms with Crippen LogP contribution in [0.25, 0.3) is 0 Å². The van der Waals surface area contributed by atoms with Gasteiger partial charge in [-0.2, -0.15) is 0 Å². The average Bonchev–Trinajstić information content (AvgIpc) is 3.28. The fraction of sp³-hybridized carbons (Fsp3) is 0.304. The van der Waals surface area contributed by atoms with Crippen LogP contribution in [0, 0.1) is 0 Å². The van der Waals surface area contributed by atoms with E-state index in [0.29, 0.717) is 34.9 Å². The van der Waals surface area contributed by atoms with Gasteiger partial charge in [0.25, 0.3) is 17.7 Å². The molecule has 4 rings (SSSR count). The number of carbonyl (C=O) groups is 3. The number of nitrogens with two attached hydrogens (primary N) is 1. The number of benzene rings is 2. The van der Waals surface area contributed by atoms with Gasteiger partial charge in [-0.15, -0.1) is 0 Å². The number of anilines is 1. The standard InChI is InChI=1S/C23H26ClN7O3/c1-30-10-12-31(13-11-30)29-21(33)19-23(22(25)34,27-14-26-19)15-6-8-16(9-7-15)28-20(32)17-4-2-3-5-18(17)24/h2-9,14,19H,10-13H2,1H3,(H2,25,34)(H,26,27)(H,28,32)(H,29,33). The number of piperazine rings is 1. The summed E-state index contributed by atoms with van der Waals surface area (Å²) >= 11 is 6.09. The second kappa shape index (κ2) is 9.80. The number of hydrogen-bond acceptors (Lipinski definition) is 7. The summed E-state index contributed by atoms with van der Waals surface area (Å²) in [5, 5.41) is 7.82. The Morgan fingerprint density at radius 2 is 1.76 bits per heavy atom. The Morgan fingerprint density at radius 3 is 2.41 bits per heavy atom. The minimum atomic E-state index is -1.55. The van der Waals surface area contributed by atoms with Crippen LogP contribution in [0.15, 0.2) is 53.5 Å². The highest BCUT2D eigenvalue weighted by molar-refractivity contribution is 6.34. The Bertz CT molecular complexity index is 1120. The maximum Gasteiger partial charge on any atom is 0.262 e. The van der Waals surface area contributed by atoms with Crippen molar-refractivity contribution in [2.45, 2.75) is 11.6 Å². The van der Waals surface area contributed by atoms with Crippen molar-refractivity contribution in [1.82, 2.24) is 20.7 Å². The van der Waals surface area contributed by atoms with Crippen LogP contribution in [-0.4, -0.2) is 73.2 Å². The lowest BCUT2D eigenvalue weighted by molar-refractivity contribution is -0.135. The second-order valence-corrected chi connectivity index (χ2v) is 8.68. The predicted octanol–water partition coefficient (Wildman–Crippen LogP) is 0.552. The van der Waals surface area contributed by atoms with Gasteiger partial charge in [0, 0.05) is 31.9 Å². The third-order valence-electron chi connectivity index (χ3n) is 6.05. The Labute approximate surface area is 202 Å². The third kappa shape index (κ3) is 4.60. The van der Waals surface area contributed by atoms with E-state index in [9.17, 15) is 14.4 Å². The molecule has 0 aliphatic carbocycles. The molecule has 10 nitrogen and oxygen atoms in total. The quantitative estimate of drug-likeness (QED) is 0.474. The zero-order chi connectivity index (χ0) is 24.3. The SMILES string of the molecule is CN1CCN(NC(=O)C2N=CNC2(C(N)=O)c2ccc(NC(=O)c3ccccc3Cl)cc2)CC1. The first-order valence-electron chi connectivity index (χ1n) is 10.8. The number of nitrogens with zero attached hydrogens (tertiary/aromatic N) is 3. The zero-order valence-corrected chi connectivity index (χ0v) is 19.4. The molecule has 2 aromatic carbocycles. The second-order valence-electron chi connectivity index (χ2n) is 8.28. The van der Waals surface area contributed by atoms with Crippen molar-refractivity contribution in [3.63, 3.8) is 0 Å². The summed E-state index contributed by atoms with van der Waals surface area (Å²) in [6, 6.07) is 12.1. The molecule has 2 aliphatic heterocycles. The van der Waals surface area contributed by atoms with Gasteiger partial charge in [0.15, 0.2) is 11.6 Å². The van der Waals surface area contributed by atoms with Gasteiger partial charge in [0.2, 0.25) is 0 Å². The van der Waals surface area contributed by atoms with Gasteiger partial charge in [0.1, 0.15) is 0 Å². The highest BCUT2D eigenvalue weighted by Gasteiger charge is 2.52. The van der Waals surface area contributed by atoms with Crippen molar-refractivity contribution in [3.8, 4) is 0 Å². The molecule has 34 heavy (non-hydrogen) atoms. The van der Waals surface area contributed by atoms with Crippen molar-refractivity contribution < 1.29 is 14.4 Å². The number of hydrazine groups is 1. The molecule has 3 amide bonds. The number of hydrogen-bond donors (Lipinski definition) is 4. The molecular formula is C23H26ClN7O3. The summed E-state index contributed by atoms with van der Waals surface area (Å²) in [4.78, 5) is 44.7. The summed E-state index contributed by atoms with van der Waals surface area (Å²) in [6.45, 7) is 2.95. The number of amides is 3. The van der Waals surface area contributed by atoms with E-state index in [0.717, 1.165) is 13.1 Å². The molecule has 2 aliphatic rings. The van der Waals surface area contributed by atoms with Gasteiger partial charge < -0.3 is 21.3 Å². The van der Waals surface area contributed by atoms with E-state index in [1.165, 1.54) is 6.34 Å². The molecule has 0 spiro atoms. The molecule has 1 saturated heterocycles. The van der Waals surface area contributed by atoms with Crippen molar-refractivity contribution in [1.29, 1.82) is 0 Å². The topological polar surface area (TPSA) is 132 Å². The molecule has 2 heterocycles. The molecular weight excluding hydrogens is 458 g/mol. The first-order chi connectivity index (χ1) is 16.3. The van der Waals surface area contributed by atoms with Gasteiger partial charge in [0.05, 0.1) is 16.9 Å². The van der Waals surface area contributed by atoms with Crippen LogP contribution in [0.5, 0.6) is 0 Å². The first-order valence-corrected chi connectivity index (χ1v) is 11.2. The fourth-order valence-electron chi connectivity index (χ4n) is 4.05. The summed E-state index contributed by atoms with van der Waals surface area (Å²) in [5.41, 5.74) is 8.38. The van der Waals surface area contributed by atoms with Gasteiger partial charge in [-0.1, -0.05) is 35.9 Å². The Balaban J connectivity index is 1.52. The van der Waals surface area contributed by atoms with Gasteiger partial charge >= 0.3 is 0 Å². The molecule has 1 fully saturated rings. The third-order valence-corrected chi connectivity index (χ3v) is 6.38. The van der Waals surface area contributed by atoms with E-state index < -0.39 is 23.4 Å². The molecule has 2 aromatic rings. The maximum atomic E-state index is 13.1. The summed E-state index contributed by atoms with van der Waals surface area (Å²) in [5.74, 6) is -1.54. The number of halogens is 1. The predicted molar refractivity (Wildman–Crippen MR) is 129 cm³/mol. The Kier molecular flexibility index (Phi) is 6.82. The molecule has 2 atom stereocenters. The van der Waals surface area contributed by atoms with Crippen molar-refractivity contribution >= 4 is 41.3 Å². The zero-order valence-electron chi connectivity index (χ0n) is 18.6. The van der Waals surface area contributed by atoms with Gasteiger partial charge in [-0.05, 0) is 36.9 Å². The van der Waals surface area contributed by atoms with Crippen LogP contribution >= 0.6 is 11.6 Å². The van der Waals surface area contributed by atoms with Crippen LogP contribution in [0.3, 0.4) is 0 Å². The van der Waals surface area contributed by atoms with Crippen molar-refractivity contribution in [2.75, 3.05) is 38.5 Å². The number of rotatable bonds is 6. The maximum absolute atomic E-state index is 13.1. The van der Waals surface area contributed by atoms with E-state index in [1.54, 1.807) is 48.5 Å². The van der Waals surface area contributed by atoms with Crippen LogP contribution in [-0.2, 0) is 15.1 Å². The molecule has 0 saturated carbocycles. The van der Waals surface area contributed by atoms with Gasteiger partial charge in [-0.25, -0.2) is 5.01 Å². The number of aliphatic imine (C=N–C) groups is 1. The molecule has 0 radical (unpaired) electrons. The lowest BCUT2D eigenvalue weighted by Gasteiger charge is -2.35. The first kappa shape index (κ1) is 23.7. The van der Waals surface area contributed by atoms with E-state index in [-0.39, 0.29) is 5.91 Å². The normalized spacial score (nSPS) is 22.7. The van der Waals surface area contributed by atoms with Crippen LogP contribution in [0.2, 0.25) is 5.02 Å². The van der Waals surface area contributed by atoms with E-state index in [4.69, 9.17) is 17.3 Å². The summed E-state index contributed by atoms with van der Waals surface area (Å²) < 4.78 is 0. The Morgan fingerprint density at radius 1 is 1.09 bits per heavy atom. The van der Waals surface area contributed by atoms with E-state index >= 15 is 0 Å². The lowest BCUT2D eigenvalue weighted by atomic mass is 9.82. The summed E-state index contributed by atoms with van der Waals surface area (Å²) in [6.07, 6.45) is 1.33. The minimum absolute atomic E-state index is 0.339. The minimum Gasteiger partial charge on any atom is -0.367 e. The van der Waals surface area contributed by atoms with Gasteiger partial charge in [-0.3, -0.25) is 24.8 Å². The lowest BCUT2D eigenvalue weighted by Crippen LogP contribution is -2.62. The van der Waals surface area contributed by atoms with Crippen molar-refractivity contribution in [2.24, 2.45) is 10.7 Å². The van der Waals surface area contributed by atoms with Crippen LogP contribution < -0.4 is 21.8 Å². The van der Waals surface area contributed by atoms with Crippen molar-refractivity contribution in [3.05, 3.63) is 64.7 Å². The molecule has 0 aromatic heterocycles. The monoisotopic (exact) mass is 483 g/mol. The number of nitrogens with one attached hydrogen (secondary N) is 3. The van der Waals surface area contributed by atoms with Crippen LogP contribution in [0.1, 0.15) is 15.9 Å². The fourth-order valence-corrected chi connectivity index (χ4v) is 4.28. The van der Waals surface area contributed by atoms with E-state index in [1.807, 2.05) is 12.1 Å². The number of likely N-dealkylation sites (N-methyl/N-ethyl adjacent to an activating group) is 1. The van der Waals surface area contributed by atoms with Crippen LogP contribution in [0.4, 0.5) is 5.69 Å². The molecule has 178 valence electrons. The number of carbonyl (C=O) groups excluding carboxylic acids is 3. The highest BCUT2D eigenvalue weighted by Crippen LogP contribution is 2.31. The summed E-state index contributed by atoms with van der Waals surface area (Å²) in [7, 11) is 2.02. The highest BCUT2D eigenvalue weighted by atomic mass is 35.5.